The number of rotatable bonds is 43. The van der Waals surface area contributed by atoms with E-state index in [1.54, 1.807) is 91.7 Å². The predicted molar refractivity (Wildman–Crippen MR) is 514 cm³/mol. The molecule has 0 bridgehead atoms. The number of nitrogens with one attached hydrogen (secondary N) is 7. The van der Waals surface area contributed by atoms with Crippen LogP contribution in [0.4, 0.5) is 99.7 Å². The minimum atomic E-state index is -4.64. The van der Waals surface area contributed by atoms with Crippen LogP contribution in [0.1, 0.15) is 196 Å². The number of aldehydes is 2. The summed E-state index contributed by atoms with van der Waals surface area (Å²) in [5.74, 6) is 4.98. The van der Waals surface area contributed by atoms with Gasteiger partial charge in [0.25, 0.3) is 0 Å². The van der Waals surface area contributed by atoms with E-state index >= 15 is 0 Å². The molecule has 42 heteroatoms. The summed E-state index contributed by atoms with van der Waals surface area (Å²) < 4.78 is 175. The second kappa shape index (κ2) is 53.8. The molecule has 11 rings (SSSR count). The predicted octanol–water partition coefficient (Wildman–Crippen LogP) is 21.8. The summed E-state index contributed by atoms with van der Waals surface area (Å²) in [6.07, 6.45) is 0.712. The first-order valence-electron chi connectivity index (χ1n) is 45.1. The average molecular weight is 1950 g/mol. The highest BCUT2D eigenvalue weighted by Gasteiger charge is 2.40. The van der Waals surface area contributed by atoms with Gasteiger partial charge in [-0.2, -0.15) is 72.6 Å². The molecule has 8 heterocycles. The molecule has 0 unspecified atom stereocenters. The Morgan fingerprint density at radius 3 is 0.949 bits per heavy atom. The highest BCUT2D eigenvalue weighted by Crippen LogP contribution is 2.39. The molecule has 0 aliphatic heterocycles. The van der Waals surface area contributed by atoms with Crippen molar-refractivity contribution in [3.8, 4) is 34.5 Å². The van der Waals surface area contributed by atoms with E-state index in [1.165, 1.54) is 13.8 Å². The van der Waals surface area contributed by atoms with Gasteiger partial charge in [-0.05, 0) is 171 Å². The van der Waals surface area contributed by atoms with E-state index in [0.717, 1.165) is 117 Å². The molecule has 0 aliphatic carbocycles. The summed E-state index contributed by atoms with van der Waals surface area (Å²) in [5.41, 5.74) is 15.7. The molecule has 0 fully saturated rings. The summed E-state index contributed by atoms with van der Waals surface area (Å²) in [5, 5.41) is 33.3. The van der Waals surface area contributed by atoms with Crippen molar-refractivity contribution in [2.45, 2.75) is 251 Å². The first kappa shape index (κ1) is 114. The normalized spacial score (nSPS) is 13.8. The Labute approximate surface area is 796 Å². The third-order valence-electron chi connectivity index (χ3n) is 22.2. The molecule has 0 saturated heterocycles. The fourth-order valence-electron chi connectivity index (χ4n) is 13.6. The number of methoxy groups -OCH3 is 6. The lowest BCUT2D eigenvalue weighted by atomic mass is 9.86. The van der Waals surface area contributed by atoms with Crippen molar-refractivity contribution < 1.29 is 95.8 Å². The molecule has 8 aromatic heterocycles. The van der Waals surface area contributed by atoms with Gasteiger partial charge in [0, 0.05) is 90.4 Å². The van der Waals surface area contributed by atoms with Crippen LogP contribution in [0.3, 0.4) is 0 Å². The fourth-order valence-corrected chi connectivity index (χ4v) is 13.6. The number of ether oxygens (including phenoxy) is 6. The Hall–Kier alpha value is -12.8. The molecule has 12 N–H and O–H groups in total. The number of nitrogen functional groups attached to an aromatic ring is 1. The van der Waals surface area contributed by atoms with E-state index in [-0.39, 0.29) is 25.4 Å². The van der Waals surface area contributed by atoms with Gasteiger partial charge in [0.1, 0.15) is 62.9 Å². The van der Waals surface area contributed by atoms with Crippen LogP contribution in [-0.4, -0.2) is 180 Å². The van der Waals surface area contributed by atoms with E-state index in [4.69, 9.17) is 43.9 Å². The molecule has 0 saturated carbocycles. The lowest BCUT2D eigenvalue weighted by molar-refractivity contribution is -0.172. The van der Waals surface area contributed by atoms with E-state index < -0.39 is 71.0 Å². The van der Waals surface area contributed by atoms with Crippen LogP contribution in [0.25, 0.3) is 44.1 Å². The quantitative estimate of drug-likeness (QED) is 0.0125. The molecule has 0 radical (unpaired) electrons. The van der Waals surface area contributed by atoms with Crippen molar-refractivity contribution in [3.63, 3.8) is 0 Å². The number of pyridine rings is 4. The van der Waals surface area contributed by atoms with E-state index in [2.05, 4.69) is 125 Å². The van der Waals surface area contributed by atoms with Gasteiger partial charge in [0.2, 0.25) is 30.1 Å². The lowest BCUT2D eigenvalue weighted by Gasteiger charge is -2.33. The molecule has 756 valence electrons. The Morgan fingerprint density at radius 2 is 0.674 bits per heavy atom. The number of aliphatic hydroxyl groups excluding tert-OH is 1. The maximum Gasteiger partial charge on any atom is 0.446 e. The van der Waals surface area contributed by atoms with E-state index in [1.807, 2.05) is 107 Å². The number of hydrogen-bond donors (Lipinski definition) is 10. The molecular formula is C96H129F12N21O9. The van der Waals surface area contributed by atoms with Crippen LogP contribution in [0.5, 0.6) is 34.5 Å². The average Bonchev–Trinajstić information content (AvgIpc) is 0.808. The molecule has 30 nitrogen and oxygen atoms in total. The summed E-state index contributed by atoms with van der Waals surface area (Å²) in [7, 11) is 9.68. The highest BCUT2D eigenvalue weighted by molar-refractivity contribution is 5.90. The fraction of sp³-hybridized carbons (Fsp3) is 0.500. The minimum Gasteiger partial charge on any atom is -0.497 e. The van der Waals surface area contributed by atoms with Crippen molar-refractivity contribution in [1.82, 2.24) is 59.8 Å². The van der Waals surface area contributed by atoms with Crippen LogP contribution in [0.15, 0.2) is 128 Å². The summed E-state index contributed by atoms with van der Waals surface area (Å²) in [6, 6.07) is 29.8. The van der Waals surface area contributed by atoms with Crippen LogP contribution in [0.2, 0.25) is 0 Å². The largest absolute Gasteiger partial charge is 0.497 e. The van der Waals surface area contributed by atoms with Crippen molar-refractivity contribution >= 4 is 104 Å². The third-order valence-corrected chi connectivity index (χ3v) is 22.2. The zero-order chi connectivity index (χ0) is 102. The van der Waals surface area contributed by atoms with E-state index in [9.17, 15) is 62.6 Å². The van der Waals surface area contributed by atoms with Crippen LogP contribution < -0.4 is 77.1 Å². The number of alkyl halides is 12. The monoisotopic (exact) mass is 1950 g/mol. The van der Waals surface area contributed by atoms with Gasteiger partial charge in [-0.1, -0.05) is 92.9 Å². The Balaban J connectivity index is 0.000000271. The number of anilines is 8. The van der Waals surface area contributed by atoms with Gasteiger partial charge < -0.3 is 87.0 Å². The van der Waals surface area contributed by atoms with Crippen molar-refractivity contribution in [3.05, 3.63) is 145 Å². The number of fused-ring (bicyclic) bond motifs is 4. The molecule has 138 heavy (non-hydrogen) atoms. The molecule has 0 aliphatic rings. The lowest BCUT2D eigenvalue weighted by Crippen LogP contribution is -2.39. The maximum atomic E-state index is 13.2. The topological polar surface area (TPSA) is 401 Å². The third kappa shape index (κ3) is 36.6. The maximum absolute atomic E-state index is 13.2. The summed E-state index contributed by atoms with van der Waals surface area (Å²) in [6.45, 7) is 20.8. The Bertz CT molecular complexity index is 5600. The van der Waals surface area contributed by atoms with Crippen LogP contribution in [-0.2, 0) is 29.2 Å². The highest BCUT2D eigenvalue weighted by atomic mass is 19.4. The zero-order valence-electron chi connectivity index (χ0n) is 80.9. The molecular weight excluding hydrogens is 1820 g/mol. The molecule has 7 atom stereocenters. The minimum absolute atomic E-state index is 0.00284. The number of unbranched alkanes of at least 4 members (excludes halogenated alkanes) is 4. The number of aromatic nitrogens is 12. The molecule has 0 spiro atoms. The standard InChI is InChI=1S/C27H36F3N5O2.C23H31N5O3.C23H29N5O3.C18H26F3N5.C3H6F3N.C2HF3O/c1-6-7-13-26(3,14-12-18(2)27(28,29)30)35-24-23-21(9-8-15-31-23)33-25(34-24)32-17-19-10-11-20(36-4)16-22(19)37-5;2*1-5-6-11-23(2,15-29)28-21-20-18(8-7-12-24-20)26-22(27-21)25-14-16-9-10-17(30-3)13-19(16)31-4;1-4-5-9-17(3,10-8-12(2)18(19,20)21)26-15-14-13(7-6-11-23-14)24-16(22)25-15;1-2(7)3(4,5)6;3-2(4,5)1-6/h8-11,15-16,18H,6-7,12-14,17H2,1-5H3,(H2,32,33,34,35);7-10,12-13,29H,5-6,11,14-15H2,1-4H3,(H2,25,26,27,28);7-10,12-13,15H,5-6,11,14H2,1-4H3,(H2,25,26,27,28);6-7,11-12H,4-5,8-10H2,1-3H3,(H3,22,24,25,26);2H,7H2,1H3;1H/t18-,26-;2*23-;12-,17-;2-;/m11110./s1. The second-order valence-corrected chi connectivity index (χ2v) is 33.9. The first-order valence-corrected chi connectivity index (χ1v) is 45.1. The van der Waals surface area contributed by atoms with Crippen molar-refractivity contribution in [2.24, 2.45) is 17.6 Å². The van der Waals surface area contributed by atoms with Crippen molar-refractivity contribution in [2.75, 3.05) is 92.2 Å². The summed E-state index contributed by atoms with van der Waals surface area (Å²) >= 11 is 0. The number of benzene rings is 3. The number of hydrogen-bond acceptors (Lipinski definition) is 30. The van der Waals surface area contributed by atoms with Gasteiger partial charge in [-0.25, -0.2) is 19.9 Å². The number of halogens is 12. The SMILES string of the molecule is CCCC[C@](C)(C=O)Nc1nc(NCc2ccc(OC)cc2OC)nc2cccnc12.CCCC[C@](C)(CC[C@@H](C)C(F)(F)F)Nc1nc(N)nc2cccnc12.CCCC[C@](C)(CC[C@@H](C)C(F)(F)F)Nc1nc(NCc2ccc(OC)cc2OC)nc2cccnc12.CCCC[C@](C)(CO)Nc1nc(NCc2ccc(OC)cc2OC)nc2cccnc12.C[C@H](N)C(F)(F)F.O=CC(F)(F)F. The van der Waals surface area contributed by atoms with Gasteiger partial charge in [0.05, 0.1) is 100 Å². The number of carbonyl (C=O) groups excluding carboxylic acids is 2. The second-order valence-electron chi connectivity index (χ2n) is 33.9. The molecule has 3 aromatic carbocycles. The molecule has 11 aromatic rings. The smallest absolute Gasteiger partial charge is 0.446 e. The van der Waals surface area contributed by atoms with Crippen LogP contribution >= 0.6 is 0 Å². The van der Waals surface area contributed by atoms with Gasteiger partial charge >= 0.3 is 24.7 Å². The number of nitrogens with zero attached hydrogens (tertiary/aromatic N) is 12. The van der Waals surface area contributed by atoms with Crippen molar-refractivity contribution in [1.29, 1.82) is 0 Å². The first-order chi connectivity index (χ1) is 65.3. The summed E-state index contributed by atoms with van der Waals surface area (Å²) in [4.78, 5) is 74.3. The van der Waals surface area contributed by atoms with E-state index in [0.29, 0.717) is 142 Å². The molecule has 0 amide bonds. The van der Waals surface area contributed by atoms with Gasteiger partial charge in [0.15, 0.2) is 23.3 Å². The number of nitrogens with two attached hydrogens (primary N) is 2. The Kier molecular flexibility index (Phi) is 44.4. The number of carbonyl (C=O) groups is 2. The van der Waals surface area contributed by atoms with Gasteiger partial charge in [-0.3, -0.25) is 24.7 Å². The number of aliphatic hydroxyl groups is 1. The Morgan fingerprint density at radius 1 is 0.384 bits per heavy atom. The van der Waals surface area contributed by atoms with Crippen LogP contribution in [0, 0.1) is 11.8 Å². The zero-order valence-corrected chi connectivity index (χ0v) is 80.9. The van der Waals surface area contributed by atoms with Gasteiger partial charge in [-0.15, -0.1) is 0 Å².